The Hall–Kier alpha value is -1.85. The summed E-state index contributed by atoms with van der Waals surface area (Å²) in [5.41, 5.74) is 3.00. The summed E-state index contributed by atoms with van der Waals surface area (Å²) in [7, 11) is 0. The summed E-state index contributed by atoms with van der Waals surface area (Å²) >= 11 is 9.21. The highest BCUT2D eigenvalue weighted by molar-refractivity contribution is 9.10. The summed E-state index contributed by atoms with van der Waals surface area (Å²) < 4.78 is 1.01. The second kappa shape index (κ2) is 6.71. The molecule has 0 radical (unpaired) electrons. The first-order chi connectivity index (χ1) is 12.5. The molecule has 5 heteroatoms. The van der Waals surface area contributed by atoms with Gasteiger partial charge in [-0.15, -0.1) is 0 Å². The predicted octanol–water partition coefficient (Wildman–Crippen LogP) is 5.30. The number of hydrogen-bond acceptors (Lipinski definition) is 3. The van der Waals surface area contributed by atoms with Crippen LogP contribution in [-0.2, 0) is 0 Å². The van der Waals surface area contributed by atoms with E-state index in [0.29, 0.717) is 10.6 Å². The van der Waals surface area contributed by atoms with Crippen LogP contribution in [0.5, 0.6) is 0 Å². The fourth-order valence-corrected chi connectivity index (χ4v) is 4.46. The summed E-state index contributed by atoms with van der Waals surface area (Å²) in [6.07, 6.45) is 3.87. The van der Waals surface area contributed by atoms with Gasteiger partial charge in [-0.25, -0.2) is 0 Å². The molecule has 2 aromatic carbocycles. The molecule has 26 heavy (non-hydrogen) atoms. The molecule has 1 heterocycles. The van der Waals surface area contributed by atoms with Gasteiger partial charge in [0.2, 0.25) is 0 Å². The number of thiocarbonyl (C=S) groups is 1. The smallest absolute Gasteiger partial charge is 0.260 e. The molecule has 0 N–H and O–H groups in total. The van der Waals surface area contributed by atoms with E-state index in [4.69, 9.17) is 17.2 Å². The van der Waals surface area contributed by atoms with Crippen LogP contribution in [0.2, 0.25) is 0 Å². The van der Waals surface area contributed by atoms with Crippen molar-refractivity contribution in [3.8, 4) is 0 Å². The third-order valence-corrected chi connectivity index (χ3v) is 6.07. The van der Waals surface area contributed by atoms with Gasteiger partial charge in [0.15, 0.2) is 0 Å². The largest absolute Gasteiger partial charge is 0.271 e. The van der Waals surface area contributed by atoms with Gasteiger partial charge in [-0.05, 0) is 56.9 Å². The minimum absolute atomic E-state index is 0.0484. The van der Waals surface area contributed by atoms with E-state index in [0.717, 1.165) is 47.0 Å². The van der Waals surface area contributed by atoms with E-state index in [9.17, 15) is 4.79 Å². The van der Waals surface area contributed by atoms with Crippen molar-refractivity contribution in [3.63, 3.8) is 0 Å². The highest BCUT2D eigenvalue weighted by Gasteiger charge is 2.50. The van der Waals surface area contributed by atoms with Gasteiger partial charge in [-0.2, -0.15) is 0 Å². The summed E-state index contributed by atoms with van der Waals surface area (Å²) in [5.74, 6) is -0.0484. The average molecular weight is 427 g/mol. The summed E-state index contributed by atoms with van der Waals surface area (Å²) in [6, 6.07) is 15.6. The lowest BCUT2D eigenvalue weighted by molar-refractivity contribution is 0.0724. The van der Waals surface area contributed by atoms with Crippen molar-refractivity contribution in [3.05, 3.63) is 69.7 Å². The van der Waals surface area contributed by atoms with E-state index in [1.54, 1.807) is 4.90 Å². The van der Waals surface area contributed by atoms with Crippen molar-refractivity contribution in [2.45, 2.75) is 38.3 Å². The van der Waals surface area contributed by atoms with Crippen LogP contribution in [0.3, 0.4) is 0 Å². The van der Waals surface area contributed by atoms with Crippen molar-refractivity contribution in [2.24, 2.45) is 4.99 Å². The van der Waals surface area contributed by atoms with Crippen LogP contribution in [0.1, 0.15) is 47.2 Å². The van der Waals surface area contributed by atoms with Crippen LogP contribution in [0.15, 0.2) is 58.0 Å². The molecule has 132 valence electrons. The Kier molecular flexibility index (Phi) is 4.53. The van der Waals surface area contributed by atoms with E-state index < -0.39 is 5.66 Å². The Morgan fingerprint density at radius 2 is 1.69 bits per heavy atom. The molecule has 0 bridgehead atoms. The molecule has 1 aliphatic heterocycles. The molecule has 2 aliphatic rings. The highest BCUT2D eigenvalue weighted by atomic mass is 79.9. The Morgan fingerprint density at radius 1 is 1.08 bits per heavy atom. The minimum atomic E-state index is -0.512. The zero-order valence-electron chi connectivity index (χ0n) is 14.5. The van der Waals surface area contributed by atoms with Crippen molar-refractivity contribution in [1.82, 2.24) is 4.90 Å². The van der Waals surface area contributed by atoms with Crippen LogP contribution in [-0.4, -0.2) is 27.2 Å². The second-order valence-electron chi connectivity index (χ2n) is 6.97. The normalized spacial score (nSPS) is 18.5. The summed E-state index contributed by atoms with van der Waals surface area (Å²) in [5, 5.41) is 0. The highest BCUT2D eigenvalue weighted by Crippen LogP contribution is 2.42. The van der Waals surface area contributed by atoms with Crippen molar-refractivity contribution in [1.29, 1.82) is 0 Å². The Morgan fingerprint density at radius 3 is 2.31 bits per heavy atom. The lowest BCUT2D eigenvalue weighted by atomic mass is 10.1. The molecule has 0 aromatic heterocycles. The summed E-state index contributed by atoms with van der Waals surface area (Å²) in [6.45, 7) is 2.02. The van der Waals surface area contributed by atoms with Gasteiger partial charge < -0.3 is 0 Å². The van der Waals surface area contributed by atoms with Gasteiger partial charge in [0.05, 0.1) is 0 Å². The first-order valence-electron chi connectivity index (χ1n) is 8.82. The summed E-state index contributed by atoms with van der Waals surface area (Å²) in [4.78, 5) is 20.6. The first-order valence-corrected chi connectivity index (χ1v) is 10.0. The molecule has 1 aliphatic carbocycles. The fourth-order valence-electron chi connectivity index (χ4n) is 3.78. The standard InChI is InChI=1S/C21H19BrN2OS/c1-14-4-6-16(7-5-14)19(25)24-20(26)18(15-8-10-17(22)11-9-15)23-21(24)12-2-3-13-21/h4-11H,2-3,12-13H2,1H3. The number of halogens is 1. The third kappa shape index (κ3) is 2.93. The number of aliphatic imine (C=N–C) groups is 1. The molecular formula is C21H19BrN2OS. The monoisotopic (exact) mass is 426 g/mol. The van der Waals surface area contributed by atoms with Crippen LogP contribution >= 0.6 is 28.1 Å². The molecule has 0 saturated heterocycles. The number of carbonyl (C=O) groups excluding carboxylic acids is 1. The van der Waals surface area contributed by atoms with Crippen molar-refractivity contribution in [2.75, 3.05) is 0 Å². The van der Waals surface area contributed by atoms with Gasteiger partial charge >= 0.3 is 0 Å². The first kappa shape index (κ1) is 17.6. The lowest BCUT2D eigenvalue weighted by Crippen LogP contribution is -2.48. The molecule has 0 atom stereocenters. The van der Waals surface area contributed by atoms with E-state index in [-0.39, 0.29) is 5.91 Å². The lowest BCUT2D eigenvalue weighted by Gasteiger charge is -2.32. The molecule has 4 rings (SSSR count). The number of amides is 1. The molecule has 2 aromatic rings. The Balaban J connectivity index is 1.75. The van der Waals surface area contributed by atoms with Crippen molar-refractivity contribution < 1.29 is 4.79 Å². The second-order valence-corrected chi connectivity index (χ2v) is 8.27. The SMILES string of the molecule is Cc1ccc(C(=O)N2C(=S)C(c3ccc(Br)cc3)=NC23CCCC3)cc1. The number of benzene rings is 2. The predicted molar refractivity (Wildman–Crippen MR) is 112 cm³/mol. The number of rotatable bonds is 2. The number of nitrogens with zero attached hydrogens (tertiary/aromatic N) is 2. The maximum atomic E-state index is 13.3. The van der Waals surface area contributed by atoms with Crippen LogP contribution in [0.4, 0.5) is 0 Å². The zero-order valence-corrected chi connectivity index (χ0v) is 16.9. The topological polar surface area (TPSA) is 32.7 Å². The molecule has 1 spiro atoms. The Labute approximate surface area is 167 Å². The minimum Gasteiger partial charge on any atom is -0.271 e. The average Bonchev–Trinajstić information content (AvgIpc) is 3.21. The molecule has 1 amide bonds. The van der Waals surface area contributed by atoms with Crippen molar-refractivity contribution >= 4 is 44.8 Å². The van der Waals surface area contributed by atoms with Gasteiger partial charge in [-0.1, -0.05) is 58.0 Å². The molecule has 1 saturated carbocycles. The molecular weight excluding hydrogens is 408 g/mol. The van der Waals surface area contributed by atoms with E-state index >= 15 is 0 Å². The Bertz CT molecular complexity index is 897. The molecule has 1 fully saturated rings. The third-order valence-electron chi connectivity index (χ3n) is 5.17. The molecule has 3 nitrogen and oxygen atoms in total. The fraction of sp³-hybridized carbons (Fsp3) is 0.286. The number of aryl methyl sites for hydroxylation is 1. The van der Waals surface area contributed by atoms with Gasteiger partial charge in [0.25, 0.3) is 5.91 Å². The van der Waals surface area contributed by atoms with Gasteiger partial charge in [-0.3, -0.25) is 14.7 Å². The maximum absolute atomic E-state index is 13.3. The van der Waals surface area contributed by atoms with Gasteiger partial charge in [0.1, 0.15) is 16.4 Å². The van der Waals surface area contributed by atoms with Crippen LogP contribution in [0.25, 0.3) is 0 Å². The van der Waals surface area contributed by atoms with Crippen LogP contribution in [0, 0.1) is 6.92 Å². The van der Waals surface area contributed by atoms with Gasteiger partial charge in [0, 0.05) is 15.6 Å². The number of carbonyl (C=O) groups is 1. The van der Waals surface area contributed by atoms with E-state index in [1.165, 1.54) is 0 Å². The number of hydrogen-bond donors (Lipinski definition) is 0. The van der Waals surface area contributed by atoms with Crippen LogP contribution < -0.4 is 0 Å². The zero-order chi connectivity index (χ0) is 18.3. The van der Waals surface area contributed by atoms with E-state index in [1.807, 2.05) is 55.5 Å². The van der Waals surface area contributed by atoms with E-state index in [2.05, 4.69) is 15.9 Å². The maximum Gasteiger partial charge on any atom is 0.260 e. The quantitative estimate of drug-likeness (QED) is 0.610. The molecule has 0 unspecified atom stereocenters.